The first kappa shape index (κ1) is 12.9. The highest BCUT2D eigenvalue weighted by molar-refractivity contribution is 6.30. The third-order valence-electron chi connectivity index (χ3n) is 2.53. The molecule has 2 rings (SSSR count). The Balaban J connectivity index is 1.63. The summed E-state index contributed by atoms with van der Waals surface area (Å²) in [5.41, 5.74) is 2.26. The van der Waals surface area contributed by atoms with Crippen molar-refractivity contribution in [2.45, 2.75) is 6.61 Å². The van der Waals surface area contributed by atoms with Gasteiger partial charge in [0.2, 0.25) is 0 Å². The molecule has 2 nitrogen and oxygen atoms in total. The number of nitrogens with one attached hydrogen (secondary N) is 1. The van der Waals surface area contributed by atoms with Gasteiger partial charge in [-0.2, -0.15) is 0 Å². The predicted octanol–water partition coefficient (Wildman–Crippen LogP) is 3.97. The van der Waals surface area contributed by atoms with E-state index < -0.39 is 0 Å². The number of rotatable bonds is 6. The van der Waals surface area contributed by atoms with E-state index in [1.54, 1.807) is 0 Å². The molecular formula is C15H16ClNO. The fourth-order valence-corrected chi connectivity index (χ4v) is 1.72. The maximum Gasteiger partial charge on any atom is 0.0717 e. The van der Waals surface area contributed by atoms with E-state index in [1.165, 1.54) is 0 Å². The first-order chi connectivity index (χ1) is 8.84. The standard InChI is InChI=1S/C15H16ClNO/c16-14-8-6-13(7-9-14)12-18-11-10-17-15-4-2-1-3-5-15/h1-9,17H,10-12H2. The van der Waals surface area contributed by atoms with Gasteiger partial charge in [-0.3, -0.25) is 0 Å². The Morgan fingerprint density at radius 2 is 1.67 bits per heavy atom. The number of ether oxygens (including phenoxy) is 1. The van der Waals surface area contributed by atoms with Crippen LogP contribution in [0.25, 0.3) is 0 Å². The van der Waals surface area contributed by atoms with Crippen LogP contribution in [0.3, 0.4) is 0 Å². The minimum Gasteiger partial charge on any atom is -0.383 e. The van der Waals surface area contributed by atoms with Gasteiger partial charge in [0.25, 0.3) is 0 Å². The summed E-state index contributed by atoms with van der Waals surface area (Å²) in [6.07, 6.45) is 0. The van der Waals surface area contributed by atoms with Crippen LogP contribution in [0.2, 0.25) is 5.02 Å². The fraction of sp³-hybridized carbons (Fsp3) is 0.200. The lowest BCUT2D eigenvalue weighted by Crippen LogP contribution is -2.09. The normalized spacial score (nSPS) is 10.3. The topological polar surface area (TPSA) is 21.3 Å². The Kier molecular flexibility index (Phi) is 5.06. The molecule has 2 aromatic carbocycles. The lowest BCUT2D eigenvalue weighted by molar-refractivity contribution is 0.130. The van der Waals surface area contributed by atoms with Crippen molar-refractivity contribution in [2.24, 2.45) is 0 Å². The number of halogens is 1. The quantitative estimate of drug-likeness (QED) is 0.795. The third-order valence-corrected chi connectivity index (χ3v) is 2.78. The average Bonchev–Trinajstić information content (AvgIpc) is 2.42. The summed E-state index contributed by atoms with van der Waals surface area (Å²) in [4.78, 5) is 0. The fourth-order valence-electron chi connectivity index (χ4n) is 1.59. The zero-order valence-corrected chi connectivity index (χ0v) is 10.9. The summed E-state index contributed by atoms with van der Waals surface area (Å²) in [7, 11) is 0. The Labute approximate surface area is 113 Å². The van der Waals surface area contributed by atoms with E-state index in [-0.39, 0.29) is 0 Å². The average molecular weight is 262 g/mol. The Hall–Kier alpha value is -1.51. The minimum atomic E-state index is 0.619. The van der Waals surface area contributed by atoms with Gasteiger partial charge in [-0.1, -0.05) is 41.9 Å². The maximum absolute atomic E-state index is 5.81. The molecule has 1 N–H and O–H groups in total. The summed E-state index contributed by atoms with van der Waals surface area (Å²) in [6, 6.07) is 17.8. The third kappa shape index (κ3) is 4.40. The molecule has 3 heteroatoms. The molecule has 18 heavy (non-hydrogen) atoms. The summed E-state index contributed by atoms with van der Waals surface area (Å²) >= 11 is 5.81. The number of benzene rings is 2. The van der Waals surface area contributed by atoms with Crippen molar-refractivity contribution in [3.05, 3.63) is 65.2 Å². The van der Waals surface area contributed by atoms with Crippen LogP contribution in [0.1, 0.15) is 5.56 Å². The van der Waals surface area contributed by atoms with Crippen molar-refractivity contribution in [3.63, 3.8) is 0 Å². The zero-order chi connectivity index (χ0) is 12.6. The van der Waals surface area contributed by atoms with Crippen LogP contribution in [-0.2, 0) is 11.3 Å². The van der Waals surface area contributed by atoms with Gasteiger partial charge < -0.3 is 10.1 Å². The zero-order valence-electron chi connectivity index (χ0n) is 10.1. The van der Waals surface area contributed by atoms with E-state index in [9.17, 15) is 0 Å². The van der Waals surface area contributed by atoms with Crippen LogP contribution in [0.5, 0.6) is 0 Å². The molecule has 0 bridgehead atoms. The number of hydrogen-bond donors (Lipinski definition) is 1. The second-order valence-electron chi connectivity index (χ2n) is 3.97. The van der Waals surface area contributed by atoms with Gasteiger partial charge in [0.1, 0.15) is 0 Å². The second kappa shape index (κ2) is 7.04. The number of anilines is 1. The van der Waals surface area contributed by atoms with E-state index in [1.807, 2.05) is 54.6 Å². The van der Waals surface area contributed by atoms with E-state index in [2.05, 4.69) is 5.32 Å². The second-order valence-corrected chi connectivity index (χ2v) is 4.41. The van der Waals surface area contributed by atoms with Crippen LogP contribution in [0.15, 0.2) is 54.6 Å². The van der Waals surface area contributed by atoms with Crippen LogP contribution >= 0.6 is 11.6 Å². The van der Waals surface area contributed by atoms with Crippen LogP contribution < -0.4 is 5.32 Å². The van der Waals surface area contributed by atoms with E-state index >= 15 is 0 Å². The molecule has 0 atom stereocenters. The first-order valence-corrected chi connectivity index (χ1v) is 6.33. The molecule has 94 valence electrons. The lowest BCUT2D eigenvalue weighted by Gasteiger charge is -2.07. The van der Waals surface area contributed by atoms with Crippen LogP contribution in [-0.4, -0.2) is 13.2 Å². The predicted molar refractivity (Wildman–Crippen MR) is 76.0 cm³/mol. The molecule has 0 spiro atoms. The molecule has 0 saturated heterocycles. The smallest absolute Gasteiger partial charge is 0.0717 e. The van der Waals surface area contributed by atoms with Gasteiger partial charge in [-0.05, 0) is 29.8 Å². The van der Waals surface area contributed by atoms with Crippen LogP contribution in [0, 0.1) is 0 Å². The molecule has 0 amide bonds. The van der Waals surface area contributed by atoms with Crippen molar-refractivity contribution in [2.75, 3.05) is 18.5 Å². The van der Waals surface area contributed by atoms with Crippen molar-refractivity contribution in [3.8, 4) is 0 Å². The highest BCUT2D eigenvalue weighted by Crippen LogP contribution is 2.10. The van der Waals surface area contributed by atoms with Crippen LogP contribution in [0.4, 0.5) is 5.69 Å². The van der Waals surface area contributed by atoms with Gasteiger partial charge in [0.15, 0.2) is 0 Å². The molecular weight excluding hydrogens is 246 g/mol. The summed E-state index contributed by atoms with van der Waals surface area (Å²) in [5.74, 6) is 0. The molecule has 0 aliphatic rings. The maximum atomic E-state index is 5.81. The van der Waals surface area contributed by atoms with Gasteiger partial charge in [-0.15, -0.1) is 0 Å². The molecule has 0 heterocycles. The van der Waals surface area contributed by atoms with Crippen molar-refractivity contribution in [1.82, 2.24) is 0 Å². The summed E-state index contributed by atoms with van der Waals surface area (Å²) < 4.78 is 5.58. The van der Waals surface area contributed by atoms with E-state index in [0.29, 0.717) is 13.2 Å². The van der Waals surface area contributed by atoms with E-state index in [0.717, 1.165) is 22.8 Å². The van der Waals surface area contributed by atoms with Gasteiger partial charge in [0, 0.05) is 17.3 Å². The van der Waals surface area contributed by atoms with Crippen molar-refractivity contribution >= 4 is 17.3 Å². The lowest BCUT2D eigenvalue weighted by atomic mass is 10.2. The minimum absolute atomic E-state index is 0.619. The SMILES string of the molecule is Clc1ccc(COCCNc2ccccc2)cc1. The van der Waals surface area contributed by atoms with Gasteiger partial charge in [0.05, 0.1) is 13.2 Å². The monoisotopic (exact) mass is 261 g/mol. The number of para-hydroxylation sites is 1. The van der Waals surface area contributed by atoms with Gasteiger partial charge in [-0.25, -0.2) is 0 Å². The molecule has 0 aliphatic carbocycles. The highest BCUT2D eigenvalue weighted by atomic mass is 35.5. The summed E-state index contributed by atoms with van der Waals surface area (Å²) in [6.45, 7) is 2.10. The largest absolute Gasteiger partial charge is 0.383 e. The Bertz CT molecular complexity index is 456. The Morgan fingerprint density at radius 1 is 0.944 bits per heavy atom. The molecule has 0 unspecified atom stereocenters. The number of hydrogen-bond acceptors (Lipinski definition) is 2. The summed E-state index contributed by atoms with van der Waals surface area (Å²) in [5, 5.41) is 4.05. The Morgan fingerprint density at radius 3 is 2.39 bits per heavy atom. The molecule has 0 aromatic heterocycles. The van der Waals surface area contributed by atoms with Crippen molar-refractivity contribution < 1.29 is 4.74 Å². The molecule has 2 aromatic rings. The van der Waals surface area contributed by atoms with Crippen molar-refractivity contribution in [1.29, 1.82) is 0 Å². The molecule has 0 radical (unpaired) electrons. The van der Waals surface area contributed by atoms with Gasteiger partial charge >= 0.3 is 0 Å². The molecule has 0 aliphatic heterocycles. The molecule has 0 fully saturated rings. The van der Waals surface area contributed by atoms with E-state index in [4.69, 9.17) is 16.3 Å². The first-order valence-electron chi connectivity index (χ1n) is 5.96. The highest BCUT2D eigenvalue weighted by Gasteiger charge is 1.94. The molecule has 0 saturated carbocycles.